The van der Waals surface area contributed by atoms with Crippen LogP contribution in [0.25, 0.3) is 0 Å². The first kappa shape index (κ1) is 15.1. The van der Waals surface area contributed by atoms with Gasteiger partial charge in [-0.2, -0.15) is 0 Å². The molecule has 2 saturated heterocycles. The summed E-state index contributed by atoms with van der Waals surface area (Å²) in [6, 6.07) is 11.8. The van der Waals surface area contributed by atoms with Gasteiger partial charge in [0, 0.05) is 6.17 Å². The standard InChI is InChI=1S/C16H21NO4Si/c18-15(19)14-11-22(8-4-5-9-22)12-17(14)16(20)21-10-13-6-2-1-3-7-13/h1-3,6-7,14H,4-5,8-12H2,(H,18,19)/t14-/m1/s1. The van der Waals surface area contributed by atoms with Gasteiger partial charge in [0.2, 0.25) is 0 Å². The second kappa shape index (κ2) is 6.12. The Bertz CT molecular complexity index is 557. The minimum atomic E-state index is -1.58. The van der Waals surface area contributed by atoms with E-state index in [1.807, 2.05) is 30.3 Å². The fourth-order valence-corrected chi connectivity index (χ4v) is 9.15. The zero-order valence-electron chi connectivity index (χ0n) is 12.5. The van der Waals surface area contributed by atoms with Gasteiger partial charge < -0.3 is 9.84 Å². The van der Waals surface area contributed by atoms with Crippen LogP contribution in [0, 0.1) is 0 Å². The molecule has 1 atom stereocenters. The maximum absolute atomic E-state index is 12.3. The first-order valence-corrected chi connectivity index (χ1v) is 10.6. The van der Waals surface area contributed by atoms with Crippen molar-refractivity contribution < 1.29 is 19.4 Å². The molecule has 3 rings (SSSR count). The van der Waals surface area contributed by atoms with Gasteiger partial charge in [-0.1, -0.05) is 55.3 Å². The van der Waals surface area contributed by atoms with Gasteiger partial charge in [-0.05, 0) is 11.6 Å². The SMILES string of the molecule is O=C(O)[C@H]1C[Si]2(CCCC2)CN1C(=O)OCc1ccccc1. The predicted molar refractivity (Wildman–Crippen MR) is 84.2 cm³/mol. The summed E-state index contributed by atoms with van der Waals surface area (Å²) in [6.45, 7) is 0.192. The molecule has 0 aromatic heterocycles. The normalized spacial score (nSPS) is 22.9. The van der Waals surface area contributed by atoms with Crippen LogP contribution in [0.5, 0.6) is 0 Å². The Labute approximate surface area is 130 Å². The minimum Gasteiger partial charge on any atom is -0.480 e. The molecule has 2 fully saturated rings. The number of carboxylic acid groups (broad SMARTS) is 1. The number of aliphatic carboxylic acids is 1. The van der Waals surface area contributed by atoms with Gasteiger partial charge in [0.25, 0.3) is 0 Å². The number of nitrogens with zero attached hydrogens (tertiary/aromatic N) is 1. The number of hydrogen-bond acceptors (Lipinski definition) is 3. The van der Waals surface area contributed by atoms with Crippen molar-refractivity contribution in [1.29, 1.82) is 0 Å². The maximum atomic E-state index is 12.3. The van der Waals surface area contributed by atoms with E-state index in [-0.39, 0.29) is 6.61 Å². The number of benzene rings is 1. The highest BCUT2D eigenvalue weighted by Crippen LogP contribution is 2.41. The van der Waals surface area contributed by atoms with E-state index in [1.165, 1.54) is 17.7 Å². The largest absolute Gasteiger partial charge is 0.480 e. The number of amides is 1. The Morgan fingerprint density at radius 3 is 2.55 bits per heavy atom. The van der Waals surface area contributed by atoms with E-state index < -0.39 is 26.2 Å². The second-order valence-corrected chi connectivity index (χ2v) is 11.2. The van der Waals surface area contributed by atoms with E-state index in [0.717, 1.165) is 17.7 Å². The van der Waals surface area contributed by atoms with Crippen LogP contribution in [-0.2, 0) is 16.1 Å². The third-order valence-corrected chi connectivity index (χ3v) is 9.99. The van der Waals surface area contributed by atoms with E-state index in [1.54, 1.807) is 0 Å². The average molecular weight is 319 g/mol. The molecule has 6 heteroatoms. The summed E-state index contributed by atoms with van der Waals surface area (Å²) in [5, 5.41) is 9.43. The molecule has 0 aliphatic carbocycles. The molecule has 2 aliphatic rings. The van der Waals surface area contributed by atoms with Crippen molar-refractivity contribution in [1.82, 2.24) is 4.90 Å². The van der Waals surface area contributed by atoms with Crippen molar-refractivity contribution in [3.63, 3.8) is 0 Å². The monoisotopic (exact) mass is 319 g/mol. The van der Waals surface area contributed by atoms with E-state index >= 15 is 0 Å². The molecule has 0 saturated carbocycles. The summed E-state index contributed by atoms with van der Waals surface area (Å²) >= 11 is 0. The molecule has 1 spiro atoms. The summed E-state index contributed by atoms with van der Waals surface area (Å²) in [5.74, 6) is -0.895. The average Bonchev–Trinajstić information content (AvgIpc) is 3.14. The van der Waals surface area contributed by atoms with E-state index in [9.17, 15) is 14.7 Å². The van der Waals surface area contributed by atoms with Crippen LogP contribution in [-0.4, -0.2) is 42.4 Å². The van der Waals surface area contributed by atoms with Gasteiger partial charge in [-0.3, -0.25) is 4.90 Å². The van der Waals surface area contributed by atoms with E-state index in [2.05, 4.69) is 0 Å². The predicted octanol–water partition coefficient (Wildman–Crippen LogP) is 2.87. The molecule has 0 unspecified atom stereocenters. The Hall–Kier alpha value is -1.82. The van der Waals surface area contributed by atoms with Crippen LogP contribution in [0.3, 0.4) is 0 Å². The zero-order valence-corrected chi connectivity index (χ0v) is 13.5. The molecule has 118 valence electrons. The molecule has 2 aliphatic heterocycles. The Balaban J connectivity index is 1.66. The number of carboxylic acids is 1. The fourth-order valence-electron chi connectivity index (χ4n) is 3.76. The van der Waals surface area contributed by atoms with Gasteiger partial charge in [0.1, 0.15) is 12.6 Å². The molecule has 2 heterocycles. The molecule has 1 N–H and O–H groups in total. The first-order valence-electron chi connectivity index (χ1n) is 7.80. The van der Waals surface area contributed by atoms with Crippen LogP contribution < -0.4 is 0 Å². The van der Waals surface area contributed by atoms with Crippen LogP contribution in [0.1, 0.15) is 18.4 Å². The lowest BCUT2D eigenvalue weighted by molar-refractivity contribution is -0.141. The van der Waals surface area contributed by atoms with Gasteiger partial charge in [0.15, 0.2) is 0 Å². The lowest BCUT2D eigenvalue weighted by atomic mass is 10.2. The fraction of sp³-hybridized carbons (Fsp3) is 0.500. The smallest absolute Gasteiger partial charge is 0.410 e. The molecule has 0 bridgehead atoms. The third kappa shape index (κ3) is 3.01. The summed E-state index contributed by atoms with van der Waals surface area (Å²) in [7, 11) is -1.58. The van der Waals surface area contributed by atoms with Crippen LogP contribution in [0.4, 0.5) is 4.79 Å². The van der Waals surface area contributed by atoms with Crippen molar-refractivity contribution in [2.75, 3.05) is 6.17 Å². The highest BCUT2D eigenvalue weighted by atomic mass is 28.3. The number of carbonyl (C=O) groups is 2. The molecule has 1 aromatic rings. The molecule has 0 radical (unpaired) electrons. The second-order valence-electron chi connectivity index (χ2n) is 6.43. The molecule has 5 nitrogen and oxygen atoms in total. The minimum absolute atomic E-state index is 0.192. The Morgan fingerprint density at radius 1 is 1.23 bits per heavy atom. The maximum Gasteiger partial charge on any atom is 0.410 e. The molecule has 1 aromatic carbocycles. The van der Waals surface area contributed by atoms with E-state index in [0.29, 0.717) is 12.2 Å². The van der Waals surface area contributed by atoms with E-state index in [4.69, 9.17) is 4.74 Å². The lowest BCUT2D eigenvalue weighted by Crippen LogP contribution is -2.42. The molecule has 22 heavy (non-hydrogen) atoms. The Kier molecular flexibility index (Phi) is 4.20. The third-order valence-electron chi connectivity index (χ3n) is 4.90. The number of ether oxygens (including phenoxy) is 1. The highest BCUT2D eigenvalue weighted by Gasteiger charge is 2.51. The number of rotatable bonds is 3. The van der Waals surface area contributed by atoms with Gasteiger partial charge >= 0.3 is 12.1 Å². The van der Waals surface area contributed by atoms with Crippen molar-refractivity contribution in [2.24, 2.45) is 0 Å². The molecular formula is C16H21NO4Si. The Morgan fingerprint density at radius 2 is 1.91 bits per heavy atom. The van der Waals surface area contributed by atoms with Crippen molar-refractivity contribution in [3.05, 3.63) is 35.9 Å². The van der Waals surface area contributed by atoms with Crippen LogP contribution >= 0.6 is 0 Å². The lowest BCUT2D eigenvalue weighted by Gasteiger charge is -2.22. The first-order chi connectivity index (χ1) is 10.6. The van der Waals surface area contributed by atoms with Crippen molar-refractivity contribution in [3.8, 4) is 0 Å². The van der Waals surface area contributed by atoms with Gasteiger partial charge in [0.05, 0.1) is 8.07 Å². The summed E-state index contributed by atoms with van der Waals surface area (Å²) in [6.07, 6.45) is 2.54. The molecule has 1 amide bonds. The van der Waals surface area contributed by atoms with Crippen LogP contribution in [0.2, 0.25) is 18.1 Å². The number of carbonyl (C=O) groups excluding carboxylic acids is 1. The van der Waals surface area contributed by atoms with Crippen LogP contribution in [0.15, 0.2) is 30.3 Å². The summed E-state index contributed by atoms with van der Waals surface area (Å²) < 4.78 is 5.34. The topological polar surface area (TPSA) is 66.8 Å². The highest BCUT2D eigenvalue weighted by molar-refractivity contribution is 6.82. The summed E-state index contributed by atoms with van der Waals surface area (Å²) in [4.78, 5) is 25.3. The number of hydrogen-bond donors (Lipinski definition) is 1. The quantitative estimate of drug-likeness (QED) is 0.870. The zero-order chi connectivity index (χ0) is 15.6. The van der Waals surface area contributed by atoms with Gasteiger partial charge in [-0.15, -0.1) is 0 Å². The molecular weight excluding hydrogens is 298 g/mol. The van der Waals surface area contributed by atoms with Crippen molar-refractivity contribution >= 4 is 20.1 Å². The summed E-state index contributed by atoms with van der Waals surface area (Å²) in [5.41, 5.74) is 0.912. The van der Waals surface area contributed by atoms with Gasteiger partial charge in [-0.25, -0.2) is 9.59 Å². The van der Waals surface area contributed by atoms with Crippen molar-refractivity contribution in [2.45, 2.75) is 43.6 Å².